The van der Waals surface area contributed by atoms with E-state index in [9.17, 15) is 0 Å². The Kier molecular flexibility index (Phi) is 4.28. The minimum Gasteiger partial charge on any atom is -0.367 e. The third-order valence-electron chi connectivity index (χ3n) is 2.09. The first-order chi connectivity index (χ1) is 7.68. The smallest absolute Gasteiger partial charge is 0.145 e. The maximum absolute atomic E-state index is 4.22. The molecule has 0 unspecified atom stereocenters. The number of hydrogen-bond donors (Lipinski definition) is 1. The van der Waals surface area contributed by atoms with E-state index in [1.807, 2.05) is 37.7 Å². The molecule has 0 saturated heterocycles. The monoisotopic (exact) mass is 220 g/mol. The standard InChI is InChI=1S/C10H14N4.C2H6/c1-7(2)13-9-8-4-5-14(3)10(8)12-6-11-9;1-2/h4-7H,1-3H3,(H,11,12,13);1-2H3. The summed E-state index contributed by atoms with van der Waals surface area (Å²) in [5, 5.41) is 4.37. The molecule has 4 heteroatoms. The van der Waals surface area contributed by atoms with Gasteiger partial charge >= 0.3 is 0 Å². The Morgan fingerprint density at radius 1 is 1.25 bits per heavy atom. The third kappa shape index (κ3) is 2.51. The van der Waals surface area contributed by atoms with Crippen LogP contribution in [0.4, 0.5) is 5.82 Å². The number of aryl methyl sites for hydroxylation is 1. The molecule has 2 aromatic rings. The number of rotatable bonds is 2. The molecule has 0 aliphatic rings. The highest BCUT2D eigenvalue weighted by Gasteiger charge is 2.06. The Bertz CT molecular complexity index is 445. The number of aromatic nitrogens is 3. The molecule has 0 saturated carbocycles. The second-order valence-electron chi connectivity index (χ2n) is 3.69. The number of anilines is 1. The number of hydrogen-bond acceptors (Lipinski definition) is 3. The maximum atomic E-state index is 4.22. The van der Waals surface area contributed by atoms with E-state index in [1.165, 1.54) is 0 Å². The van der Waals surface area contributed by atoms with Crippen LogP contribution in [0.5, 0.6) is 0 Å². The summed E-state index contributed by atoms with van der Waals surface area (Å²) in [6, 6.07) is 2.41. The molecule has 4 nitrogen and oxygen atoms in total. The molecule has 0 amide bonds. The second-order valence-corrected chi connectivity index (χ2v) is 3.69. The van der Waals surface area contributed by atoms with Gasteiger partial charge in [0, 0.05) is 19.3 Å². The van der Waals surface area contributed by atoms with Crippen molar-refractivity contribution in [3.63, 3.8) is 0 Å². The lowest BCUT2D eigenvalue weighted by Gasteiger charge is -2.09. The zero-order valence-electron chi connectivity index (χ0n) is 10.7. The van der Waals surface area contributed by atoms with Crippen LogP contribution in [0.2, 0.25) is 0 Å². The summed E-state index contributed by atoms with van der Waals surface area (Å²) in [6.45, 7) is 8.19. The summed E-state index contributed by atoms with van der Waals surface area (Å²) in [4.78, 5) is 8.45. The first-order valence-electron chi connectivity index (χ1n) is 5.71. The van der Waals surface area contributed by atoms with Crippen LogP contribution in [-0.4, -0.2) is 20.6 Å². The van der Waals surface area contributed by atoms with E-state index in [1.54, 1.807) is 6.33 Å². The predicted octanol–water partition coefficient (Wildman–Crippen LogP) is 2.81. The van der Waals surface area contributed by atoms with E-state index < -0.39 is 0 Å². The van der Waals surface area contributed by atoms with Gasteiger partial charge in [0.2, 0.25) is 0 Å². The Labute approximate surface area is 96.7 Å². The summed E-state index contributed by atoms with van der Waals surface area (Å²) >= 11 is 0. The predicted molar refractivity (Wildman–Crippen MR) is 68.6 cm³/mol. The molecule has 88 valence electrons. The average Bonchev–Trinajstić information content (AvgIpc) is 2.64. The fourth-order valence-corrected chi connectivity index (χ4v) is 1.47. The van der Waals surface area contributed by atoms with Gasteiger partial charge in [0.25, 0.3) is 0 Å². The molecular weight excluding hydrogens is 200 g/mol. The molecule has 0 fully saturated rings. The fraction of sp³-hybridized carbons (Fsp3) is 0.500. The fourth-order valence-electron chi connectivity index (χ4n) is 1.47. The van der Waals surface area contributed by atoms with E-state index in [4.69, 9.17) is 0 Å². The Hall–Kier alpha value is -1.58. The molecular formula is C12H20N4. The summed E-state index contributed by atoms with van der Waals surface area (Å²) in [5.41, 5.74) is 0.961. The number of nitrogens with one attached hydrogen (secondary N) is 1. The molecule has 2 rings (SSSR count). The molecule has 0 atom stereocenters. The Morgan fingerprint density at radius 2 is 1.94 bits per heavy atom. The highest BCUT2D eigenvalue weighted by molar-refractivity contribution is 5.87. The van der Waals surface area contributed by atoms with Gasteiger partial charge in [-0.15, -0.1) is 0 Å². The van der Waals surface area contributed by atoms with Crippen LogP contribution in [0.15, 0.2) is 18.6 Å². The zero-order chi connectivity index (χ0) is 12.1. The van der Waals surface area contributed by atoms with Crippen LogP contribution in [0.25, 0.3) is 11.0 Å². The van der Waals surface area contributed by atoms with E-state index in [0.29, 0.717) is 6.04 Å². The van der Waals surface area contributed by atoms with Crippen LogP contribution < -0.4 is 5.32 Å². The zero-order valence-corrected chi connectivity index (χ0v) is 10.7. The van der Waals surface area contributed by atoms with Gasteiger partial charge in [0.15, 0.2) is 0 Å². The van der Waals surface area contributed by atoms with Crippen LogP contribution >= 0.6 is 0 Å². The van der Waals surface area contributed by atoms with Crippen molar-refractivity contribution in [2.75, 3.05) is 5.32 Å². The summed E-state index contributed by atoms with van der Waals surface area (Å²) in [5.74, 6) is 0.908. The summed E-state index contributed by atoms with van der Waals surface area (Å²) in [7, 11) is 1.98. The topological polar surface area (TPSA) is 42.7 Å². The van der Waals surface area contributed by atoms with Crippen LogP contribution in [0.1, 0.15) is 27.7 Å². The van der Waals surface area contributed by atoms with Crippen molar-refractivity contribution in [2.45, 2.75) is 33.7 Å². The van der Waals surface area contributed by atoms with Crippen molar-refractivity contribution < 1.29 is 0 Å². The molecule has 0 aliphatic heterocycles. The van der Waals surface area contributed by atoms with Crippen molar-refractivity contribution in [3.8, 4) is 0 Å². The summed E-state index contributed by atoms with van der Waals surface area (Å²) in [6.07, 6.45) is 3.58. The van der Waals surface area contributed by atoms with E-state index in [2.05, 4.69) is 29.1 Å². The molecule has 16 heavy (non-hydrogen) atoms. The third-order valence-corrected chi connectivity index (χ3v) is 2.09. The first-order valence-corrected chi connectivity index (χ1v) is 5.71. The van der Waals surface area contributed by atoms with Gasteiger partial charge in [0.1, 0.15) is 17.8 Å². The lowest BCUT2D eigenvalue weighted by Crippen LogP contribution is -2.11. The van der Waals surface area contributed by atoms with Crippen LogP contribution in [0.3, 0.4) is 0 Å². The highest BCUT2D eigenvalue weighted by atomic mass is 15.1. The molecule has 0 bridgehead atoms. The molecule has 1 N–H and O–H groups in total. The van der Waals surface area contributed by atoms with Gasteiger partial charge in [-0.1, -0.05) is 13.8 Å². The largest absolute Gasteiger partial charge is 0.367 e. The van der Waals surface area contributed by atoms with Crippen molar-refractivity contribution in [3.05, 3.63) is 18.6 Å². The molecule has 0 radical (unpaired) electrons. The van der Waals surface area contributed by atoms with E-state index in [-0.39, 0.29) is 0 Å². The van der Waals surface area contributed by atoms with Gasteiger partial charge in [-0.3, -0.25) is 0 Å². The lowest BCUT2D eigenvalue weighted by atomic mass is 10.3. The first kappa shape index (κ1) is 12.5. The van der Waals surface area contributed by atoms with E-state index in [0.717, 1.165) is 16.9 Å². The van der Waals surface area contributed by atoms with Crippen LogP contribution in [-0.2, 0) is 7.05 Å². The number of fused-ring (bicyclic) bond motifs is 1. The SMILES string of the molecule is CC.CC(C)Nc1ncnc2c1ccn2C. The second kappa shape index (κ2) is 5.49. The molecule has 0 spiro atoms. The quantitative estimate of drug-likeness (QED) is 0.846. The van der Waals surface area contributed by atoms with Gasteiger partial charge in [-0.05, 0) is 19.9 Å². The average molecular weight is 220 g/mol. The van der Waals surface area contributed by atoms with Crippen molar-refractivity contribution in [2.24, 2.45) is 7.05 Å². The van der Waals surface area contributed by atoms with Crippen molar-refractivity contribution >= 4 is 16.9 Å². The molecule has 2 heterocycles. The van der Waals surface area contributed by atoms with Gasteiger partial charge in [-0.25, -0.2) is 9.97 Å². The number of nitrogens with zero attached hydrogens (tertiary/aromatic N) is 3. The van der Waals surface area contributed by atoms with Crippen molar-refractivity contribution in [1.82, 2.24) is 14.5 Å². The van der Waals surface area contributed by atoms with Gasteiger partial charge in [-0.2, -0.15) is 0 Å². The lowest BCUT2D eigenvalue weighted by molar-refractivity contribution is 0.888. The normalized spacial score (nSPS) is 10.1. The maximum Gasteiger partial charge on any atom is 0.145 e. The Balaban J connectivity index is 0.000000606. The van der Waals surface area contributed by atoms with Gasteiger partial charge < -0.3 is 9.88 Å². The minimum atomic E-state index is 0.383. The van der Waals surface area contributed by atoms with Crippen molar-refractivity contribution in [1.29, 1.82) is 0 Å². The van der Waals surface area contributed by atoms with E-state index >= 15 is 0 Å². The van der Waals surface area contributed by atoms with Gasteiger partial charge in [0.05, 0.1) is 5.39 Å². The molecule has 2 aromatic heterocycles. The minimum absolute atomic E-state index is 0.383. The Morgan fingerprint density at radius 3 is 2.56 bits per heavy atom. The van der Waals surface area contributed by atoms with Crippen LogP contribution in [0, 0.1) is 0 Å². The molecule has 0 aliphatic carbocycles. The highest BCUT2D eigenvalue weighted by Crippen LogP contribution is 2.19. The summed E-state index contributed by atoms with van der Waals surface area (Å²) < 4.78 is 1.99. The molecule has 0 aromatic carbocycles.